The number of unbranched alkanes of at least 4 members (excludes halogenated alkanes) is 2. The van der Waals surface area contributed by atoms with Crippen LogP contribution >= 0.6 is 7.82 Å². The number of hydrogen-bond donors (Lipinski definition) is 2. The molecule has 7 heteroatoms. The highest BCUT2D eigenvalue weighted by molar-refractivity contribution is 7.46. The number of hydrogen-bond acceptors (Lipinski definition) is 4. The summed E-state index contributed by atoms with van der Waals surface area (Å²) in [6.07, 6.45) is 5.05. The Kier molecular flexibility index (Phi) is 8.98. The van der Waals surface area contributed by atoms with Crippen LogP contribution in [0, 0.1) is 0 Å². The minimum atomic E-state index is -4.65. The van der Waals surface area contributed by atoms with Gasteiger partial charge >= 0.3 is 13.8 Å². The fourth-order valence-corrected chi connectivity index (χ4v) is 2.64. The summed E-state index contributed by atoms with van der Waals surface area (Å²) >= 11 is 0. The van der Waals surface area contributed by atoms with Gasteiger partial charge in [0.15, 0.2) is 0 Å². The van der Waals surface area contributed by atoms with Crippen molar-refractivity contribution in [2.24, 2.45) is 0 Å². The average molecular weight is 308 g/mol. The molecule has 0 unspecified atom stereocenters. The fourth-order valence-electron chi connectivity index (χ4n) is 1.90. The molecule has 0 aliphatic heterocycles. The molecule has 6 nitrogen and oxygen atoms in total. The van der Waals surface area contributed by atoms with Crippen LogP contribution in [-0.4, -0.2) is 28.0 Å². The summed E-state index contributed by atoms with van der Waals surface area (Å²) in [5.74, 6) is -0.628. The Morgan fingerprint density at radius 2 is 1.75 bits per heavy atom. The lowest BCUT2D eigenvalue weighted by atomic mass is 9.92. The predicted molar refractivity (Wildman–Crippen MR) is 76.1 cm³/mol. The lowest BCUT2D eigenvalue weighted by molar-refractivity contribution is -0.146. The minimum Gasteiger partial charge on any atom is -0.459 e. The number of rotatable bonds is 11. The third-order valence-corrected chi connectivity index (χ3v) is 3.55. The first-order chi connectivity index (χ1) is 9.28. The monoisotopic (exact) mass is 308 g/mol. The number of ether oxygens (including phenoxy) is 1. The van der Waals surface area contributed by atoms with Gasteiger partial charge in [0.25, 0.3) is 0 Å². The largest absolute Gasteiger partial charge is 0.470 e. The zero-order valence-corrected chi connectivity index (χ0v) is 13.1. The molecule has 0 radical (unpaired) electrons. The van der Waals surface area contributed by atoms with Crippen LogP contribution in [0.4, 0.5) is 0 Å². The van der Waals surface area contributed by atoms with E-state index in [0.29, 0.717) is 12.8 Å². The topological polar surface area (TPSA) is 93.1 Å². The molecule has 0 bridgehead atoms. The second kappa shape index (κ2) is 9.29. The van der Waals surface area contributed by atoms with Crippen molar-refractivity contribution in [3.05, 3.63) is 12.7 Å². The van der Waals surface area contributed by atoms with Crippen molar-refractivity contribution in [3.63, 3.8) is 0 Å². The summed E-state index contributed by atoms with van der Waals surface area (Å²) in [5, 5.41) is 0. The second-order valence-electron chi connectivity index (χ2n) is 4.78. The standard InChI is InChI=1S/C13H25O6P/c1-4-7-9-13(10-8-5-2,19-20(15,16)17)11-18-12(14)6-3/h6H,3-5,7-11H2,1-2H3,(H2,15,16,17). The van der Waals surface area contributed by atoms with Crippen molar-refractivity contribution < 1.29 is 28.4 Å². The van der Waals surface area contributed by atoms with Gasteiger partial charge in [-0.25, -0.2) is 9.36 Å². The molecule has 0 saturated heterocycles. The summed E-state index contributed by atoms with van der Waals surface area (Å²) in [5.41, 5.74) is -1.14. The van der Waals surface area contributed by atoms with Crippen molar-refractivity contribution in [1.82, 2.24) is 0 Å². The van der Waals surface area contributed by atoms with E-state index in [1.54, 1.807) is 0 Å². The molecule has 0 amide bonds. The van der Waals surface area contributed by atoms with Crippen LogP contribution in [0.15, 0.2) is 12.7 Å². The summed E-state index contributed by atoms with van der Waals surface area (Å²) in [6, 6.07) is 0. The fraction of sp³-hybridized carbons (Fsp3) is 0.769. The molecule has 0 aliphatic rings. The smallest absolute Gasteiger partial charge is 0.459 e. The maximum absolute atomic E-state index is 11.2. The van der Waals surface area contributed by atoms with Gasteiger partial charge in [-0.05, 0) is 12.8 Å². The Morgan fingerprint density at radius 3 is 2.10 bits per heavy atom. The van der Waals surface area contributed by atoms with E-state index in [2.05, 4.69) is 6.58 Å². The maximum Gasteiger partial charge on any atom is 0.470 e. The van der Waals surface area contributed by atoms with Crippen LogP contribution < -0.4 is 0 Å². The first-order valence-electron chi connectivity index (χ1n) is 6.84. The normalized spacial score (nSPS) is 12.2. The minimum absolute atomic E-state index is 0.178. The average Bonchev–Trinajstić information content (AvgIpc) is 2.38. The Hall–Kier alpha value is -0.680. The van der Waals surface area contributed by atoms with Crippen LogP contribution in [0.2, 0.25) is 0 Å². The highest BCUT2D eigenvalue weighted by Crippen LogP contribution is 2.45. The third kappa shape index (κ3) is 8.48. The Labute approximate surface area is 120 Å². The predicted octanol–water partition coefficient (Wildman–Crippen LogP) is 2.94. The lowest BCUT2D eigenvalue weighted by Gasteiger charge is -2.33. The molecule has 118 valence electrons. The van der Waals surface area contributed by atoms with E-state index in [9.17, 15) is 9.36 Å². The van der Waals surface area contributed by atoms with Crippen molar-refractivity contribution in [3.8, 4) is 0 Å². The lowest BCUT2D eigenvalue weighted by Crippen LogP contribution is -2.38. The highest BCUT2D eigenvalue weighted by atomic mass is 31.2. The van der Waals surface area contributed by atoms with Crippen molar-refractivity contribution >= 4 is 13.8 Å². The Balaban J connectivity index is 5.01. The van der Waals surface area contributed by atoms with Gasteiger partial charge in [0, 0.05) is 6.08 Å². The quantitative estimate of drug-likeness (QED) is 0.346. The van der Waals surface area contributed by atoms with Gasteiger partial charge in [-0.15, -0.1) is 0 Å². The number of phosphoric acid groups is 1. The van der Waals surface area contributed by atoms with Crippen LogP contribution in [0.1, 0.15) is 52.4 Å². The summed E-state index contributed by atoms with van der Waals surface area (Å²) in [6.45, 7) is 7.05. The molecule has 2 N–H and O–H groups in total. The van der Waals surface area contributed by atoms with E-state index in [0.717, 1.165) is 31.8 Å². The molecule has 0 atom stereocenters. The van der Waals surface area contributed by atoms with E-state index in [4.69, 9.17) is 19.0 Å². The molecule has 0 aromatic rings. The van der Waals surface area contributed by atoms with Gasteiger partial charge in [-0.2, -0.15) is 0 Å². The van der Waals surface area contributed by atoms with Gasteiger partial charge in [0.2, 0.25) is 0 Å². The Morgan fingerprint density at radius 1 is 1.25 bits per heavy atom. The van der Waals surface area contributed by atoms with Crippen LogP contribution in [0.25, 0.3) is 0 Å². The molecule has 0 aromatic heterocycles. The van der Waals surface area contributed by atoms with Crippen LogP contribution in [0.5, 0.6) is 0 Å². The molecule has 0 aromatic carbocycles. The first kappa shape index (κ1) is 19.3. The van der Waals surface area contributed by atoms with Crippen molar-refractivity contribution in [2.45, 2.75) is 58.0 Å². The zero-order valence-electron chi connectivity index (χ0n) is 12.2. The number of esters is 1. The van der Waals surface area contributed by atoms with Gasteiger partial charge in [-0.3, -0.25) is 4.52 Å². The van der Waals surface area contributed by atoms with E-state index in [1.165, 1.54) is 0 Å². The highest BCUT2D eigenvalue weighted by Gasteiger charge is 2.38. The Bertz CT molecular complexity index is 341. The van der Waals surface area contributed by atoms with E-state index in [1.807, 2.05) is 13.8 Å². The van der Waals surface area contributed by atoms with Crippen molar-refractivity contribution in [2.75, 3.05) is 6.61 Å². The molecule has 0 rings (SSSR count). The van der Waals surface area contributed by atoms with Crippen LogP contribution in [-0.2, 0) is 18.6 Å². The van der Waals surface area contributed by atoms with E-state index < -0.39 is 19.4 Å². The molecular formula is C13H25O6P. The zero-order chi connectivity index (χ0) is 15.6. The number of carbonyl (C=O) groups excluding carboxylic acids is 1. The summed E-state index contributed by atoms with van der Waals surface area (Å²) < 4.78 is 21.1. The van der Waals surface area contributed by atoms with Crippen LogP contribution in [0.3, 0.4) is 0 Å². The molecule has 0 fully saturated rings. The van der Waals surface area contributed by atoms with Gasteiger partial charge in [0.1, 0.15) is 12.2 Å². The molecule has 0 heterocycles. The second-order valence-corrected chi connectivity index (χ2v) is 5.95. The summed E-state index contributed by atoms with van der Waals surface area (Å²) in [7, 11) is -4.65. The molecular weight excluding hydrogens is 283 g/mol. The maximum atomic E-state index is 11.2. The number of phosphoric ester groups is 1. The molecule has 0 saturated carbocycles. The van der Waals surface area contributed by atoms with Gasteiger partial charge < -0.3 is 14.5 Å². The SMILES string of the molecule is C=CC(=O)OCC(CCCC)(CCCC)OP(=O)(O)O. The van der Waals surface area contributed by atoms with Gasteiger partial charge in [0.05, 0.1) is 0 Å². The van der Waals surface area contributed by atoms with E-state index in [-0.39, 0.29) is 6.61 Å². The molecule has 20 heavy (non-hydrogen) atoms. The van der Waals surface area contributed by atoms with Crippen molar-refractivity contribution in [1.29, 1.82) is 0 Å². The third-order valence-electron chi connectivity index (χ3n) is 2.93. The van der Waals surface area contributed by atoms with E-state index >= 15 is 0 Å². The number of carbonyl (C=O) groups is 1. The first-order valence-corrected chi connectivity index (χ1v) is 8.37. The molecule has 0 aliphatic carbocycles. The summed E-state index contributed by atoms with van der Waals surface area (Å²) in [4.78, 5) is 29.4. The molecule has 0 spiro atoms. The van der Waals surface area contributed by atoms with Gasteiger partial charge in [-0.1, -0.05) is 46.1 Å².